The molecule has 0 spiro atoms. The van der Waals surface area contributed by atoms with Gasteiger partial charge in [0.05, 0.1) is 0 Å². The quantitative estimate of drug-likeness (QED) is 0.841. The molecule has 0 radical (unpaired) electrons. The molecule has 19 heavy (non-hydrogen) atoms. The summed E-state index contributed by atoms with van der Waals surface area (Å²) in [6.07, 6.45) is 3.62. The van der Waals surface area contributed by atoms with Crippen LogP contribution in [-0.4, -0.2) is 18.0 Å². The Morgan fingerprint density at radius 3 is 2.37 bits per heavy atom. The SMILES string of the molecule is CCC(CC)CN(CC)C1CC(N)c2ccccc21. The van der Waals surface area contributed by atoms with Crippen molar-refractivity contribution >= 4 is 0 Å². The number of hydrogen-bond donors (Lipinski definition) is 1. The fraction of sp³-hybridized carbons (Fsp3) is 0.647. The first-order valence-electron chi connectivity index (χ1n) is 7.79. The van der Waals surface area contributed by atoms with Crippen molar-refractivity contribution in [2.45, 2.75) is 52.1 Å². The van der Waals surface area contributed by atoms with E-state index in [1.165, 1.54) is 30.5 Å². The molecule has 2 heteroatoms. The molecule has 0 amide bonds. The Morgan fingerprint density at radius 2 is 1.79 bits per heavy atom. The molecule has 1 aromatic carbocycles. The van der Waals surface area contributed by atoms with Gasteiger partial charge in [-0.15, -0.1) is 0 Å². The molecular formula is C17H28N2. The van der Waals surface area contributed by atoms with Gasteiger partial charge in [0.1, 0.15) is 0 Å². The van der Waals surface area contributed by atoms with Gasteiger partial charge >= 0.3 is 0 Å². The minimum absolute atomic E-state index is 0.219. The molecule has 2 rings (SSSR count). The number of fused-ring (bicyclic) bond motifs is 1. The minimum atomic E-state index is 0.219. The number of nitrogens with two attached hydrogens (primary N) is 1. The van der Waals surface area contributed by atoms with Crippen LogP contribution < -0.4 is 5.73 Å². The van der Waals surface area contributed by atoms with Crippen LogP contribution in [0.15, 0.2) is 24.3 Å². The second kappa shape index (κ2) is 6.53. The van der Waals surface area contributed by atoms with Crippen molar-refractivity contribution in [2.24, 2.45) is 11.7 Å². The van der Waals surface area contributed by atoms with Gasteiger partial charge in [0.15, 0.2) is 0 Å². The Labute approximate surface area is 118 Å². The smallest absolute Gasteiger partial charge is 0.0369 e. The monoisotopic (exact) mass is 260 g/mol. The van der Waals surface area contributed by atoms with Gasteiger partial charge in [0.25, 0.3) is 0 Å². The fourth-order valence-corrected chi connectivity index (χ4v) is 3.35. The second-order valence-electron chi connectivity index (χ2n) is 5.76. The van der Waals surface area contributed by atoms with Gasteiger partial charge in [-0.1, -0.05) is 57.9 Å². The highest BCUT2D eigenvalue weighted by atomic mass is 15.2. The van der Waals surface area contributed by atoms with Crippen LogP contribution in [0.4, 0.5) is 0 Å². The van der Waals surface area contributed by atoms with E-state index < -0.39 is 0 Å². The molecule has 2 nitrogen and oxygen atoms in total. The van der Waals surface area contributed by atoms with Gasteiger partial charge in [-0.3, -0.25) is 4.90 Å². The molecule has 1 aliphatic carbocycles. The fourth-order valence-electron chi connectivity index (χ4n) is 3.35. The van der Waals surface area contributed by atoms with Crippen molar-refractivity contribution in [1.82, 2.24) is 4.90 Å². The van der Waals surface area contributed by atoms with Crippen LogP contribution in [0.3, 0.4) is 0 Å². The van der Waals surface area contributed by atoms with Crippen LogP contribution in [0.25, 0.3) is 0 Å². The molecule has 1 aliphatic rings. The average Bonchev–Trinajstić information content (AvgIpc) is 2.78. The molecular weight excluding hydrogens is 232 g/mol. The van der Waals surface area contributed by atoms with E-state index >= 15 is 0 Å². The lowest BCUT2D eigenvalue weighted by Gasteiger charge is -2.31. The zero-order valence-corrected chi connectivity index (χ0v) is 12.6. The van der Waals surface area contributed by atoms with Crippen LogP contribution in [0.2, 0.25) is 0 Å². The molecule has 0 heterocycles. The van der Waals surface area contributed by atoms with Crippen LogP contribution in [0.1, 0.15) is 63.2 Å². The minimum Gasteiger partial charge on any atom is -0.324 e. The van der Waals surface area contributed by atoms with E-state index in [9.17, 15) is 0 Å². The Bertz CT molecular complexity index is 398. The van der Waals surface area contributed by atoms with Crippen molar-refractivity contribution in [3.8, 4) is 0 Å². The Morgan fingerprint density at radius 1 is 1.16 bits per heavy atom. The lowest BCUT2D eigenvalue weighted by Crippen LogP contribution is -2.32. The van der Waals surface area contributed by atoms with E-state index in [1.807, 2.05) is 0 Å². The first kappa shape index (κ1) is 14.5. The zero-order valence-electron chi connectivity index (χ0n) is 12.6. The largest absolute Gasteiger partial charge is 0.324 e. The van der Waals surface area contributed by atoms with Crippen LogP contribution in [-0.2, 0) is 0 Å². The second-order valence-corrected chi connectivity index (χ2v) is 5.76. The third-order valence-corrected chi connectivity index (χ3v) is 4.73. The maximum absolute atomic E-state index is 6.30. The molecule has 2 atom stereocenters. The molecule has 2 N–H and O–H groups in total. The summed E-state index contributed by atoms with van der Waals surface area (Å²) >= 11 is 0. The molecule has 0 saturated heterocycles. The predicted octanol–water partition coefficient (Wildman–Crippen LogP) is 3.89. The highest BCUT2D eigenvalue weighted by molar-refractivity contribution is 5.37. The van der Waals surface area contributed by atoms with Gasteiger partial charge < -0.3 is 5.73 Å². The number of benzene rings is 1. The van der Waals surface area contributed by atoms with E-state index in [-0.39, 0.29) is 6.04 Å². The average molecular weight is 260 g/mol. The van der Waals surface area contributed by atoms with E-state index in [2.05, 4.69) is 49.9 Å². The van der Waals surface area contributed by atoms with Gasteiger partial charge in [-0.05, 0) is 30.0 Å². The van der Waals surface area contributed by atoms with Gasteiger partial charge in [-0.2, -0.15) is 0 Å². The number of rotatable bonds is 6. The highest BCUT2D eigenvalue weighted by Gasteiger charge is 2.32. The Hall–Kier alpha value is -0.860. The molecule has 1 aromatic rings. The molecule has 2 unspecified atom stereocenters. The third-order valence-electron chi connectivity index (χ3n) is 4.73. The first-order valence-corrected chi connectivity index (χ1v) is 7.79. The standard InChI is InChI=1S/C17H28N2/c1-4-13(5-2)12-19(6-3)17-11-16(18)14-9-7-8-10-15(14)17/h7-10,13,16-17H,4-6,11-12,18H2,1-3H3. The summed E-state index contributed by atoms with van der Waals surface area (Å²) in [5.41, 5.74) is 9.12. The lowest BCUT2D eigenvalue weighted by molar-refractivity contribution is 0.166. The topological polar surface area (TPSA) is 29.3 Å². The predicted molar refractivity (Wildman–Crippen MR) is 82.0 cm³/mol. The summed E-state index contributed by atoms with van der Waals surface area (Å²) < 4.78 is 0. The van der Waals surface area contributed by atoms with Crippen LogP contribution >= 0.6 is 0 Å². The molecule has 0 aliphatic heterocycles. The summed E-state index contributed by atoms with van der Waals surface area (Å²) in [7, 11) is 0. The maximum atomic E-state index is 6.30. The third kappa shape index (κ3) is 3.01. The summed E-state index contributed by atoms with van der Waals surface area (Å²) in [5, 5.41) is 0. The van der Waals surface area contributed by atoms with Crippen LogP contribution in [0.5, 0.6) is 0 Å². The van der Waals surface area contributed by atoms with E-state index in [0.29, 0.717) is 6.04 Å². The molecule has 0 aromatic heterocycles. The molecule has 0 bridgehead atoms. The summed E-state index contributed by atoms with van der Waals surface area (Å²) in [4.78, 5) is 2.63. The van der Waals surface area contributed by atoms with E-state index in [0.717, 1.165) is 18.9 Å². The van der Waals surface area contributed by atoms with Gasteiger partial charge in [0, 0.05) is 18.6 Å². The first-order chi connectivity index (χ1) is 9.21. The lowest BCUT2D eigenvalue weighted by atomic mass is 10.0. The molecule has 0 fully saturated rings. The summed E-state index contributed by atoms with van der Waals surface area (Å²) in [5.74, 6) is 0.809. The zero-order chi connectivity index (χ0) is 13.8. The van der Waals surface area contributed by atoms with Gasteiger partial charge in [0.2, 0.25) is 0 Å². The van der Waals surface area contributed by atoms with Crippen molar-refractivity contribution in [1.29, 1.82) is 0 Å². The van der Waals surface area contributed by atoms with Gasteiger partial charge in [-0.25, -0.2) is 0 Å². The summed E-state index contributed by atoms with van der Waals surface area (Å²) in [6.45, 7) is 9.19. The number of nitrogens with zero attached hydrogens (tertiary/aromatic N) is 1. The summed E-state index contributed by atoms with van der Waals surface area (Å²) in [6, 6.07) is 9.47. The number of hydrogen-bond acceptors (Lipinski definition) is 2. The highest BCUT2D eigenvalue weighted by Crippen LogP contribution is 2.41. The Kier molecular flexibility index (Phi) is 5.00. The Balaban J connectivity index is 2.16. The normalized spacial score (nSPS) is 22.2. The van der Waals surface area contributed by atoms with Crippen molar-refractivity contribution in [3.63, 3.8) is 0 Å². The molecule has 106 valence electrons. The maximum Gasteiger partial charge on any atom is 0.0369 e. The van der Waals surface area contributed by atoms with Crippen molar-refractivity contribution in [3.05, 3.63) is 35.4 Å². The van der Waals surface area contributed by atoms with E-state index in [4.69, 9.17) is 5.73 Å². The molecule has 0 saturated carbocycles. The van der Waals surface area contributed by atoms with Crippen LogP contribution in [0, 0.1) is 5.92 Å². The van der Waals surface area contributed by atoms with Crippen molar-refractivity contribution < 1.29 is 0 Å². The van der Waals surface area contributed by atoms with Crippen molar-refractivity contribution in [2.75, 3.05) is 13.1 Å². The van der Waals surface area contributed by atoms with E-state index in [1.54, 1.807) is 0 Å².